The average Bonchev–Trinajstić information content (AvgIpc) is 0.811. The van der Waals surface area contributed by atoms with E-state index in [4.69, 9.17) is 15.3 Å². The monoisotopic (exact) mass is 99.0 g/mol. The van der Waals surface area contributed by atoms with Gasteiger partial charge < -0.3 is 15.3 Å². The highest BCUT2D eigenvalue weighted by Crippen LogP contribution is 1.64. The summed E-state index contributed by atoms with van der Waals surface area (Å²) in [6.45, 7) is -1.58. The Morgan fingerprint density at radius 3 is 1.00 bits per heavy atom. The van der Waals surface area contributed by atoms with E-state index in [0.29, 0.717) is 0 Å². The molecule has 0 aliphatic carbocycles. The van der Waals surface area contributed by atoms with Gasteiger partial charge in [-0.25, -0.2) is 0 Å². The first-order chi connectivity index (χ1) is 1.73. The van der Waals surface area contributed by atoms with Gasteiger partial charge in [-0.1, -0.05) is 0 Å². The normalized spacial score (nSPS) is 7.20. The lowest BCUT2D eigenvalue weighted by Crippen LogP contribution is -1.84. The molecular formula is CH4ClO3. The van der Waals surface area contributed by atoms with Crippen LogP contribution in [-0.2, 0) is 0 Å². The number of rotatable bonds is 0. The van der Waals surface area contributed by atoms with Gasteiger partial charge in [0.15, 0.2) is 0 Å². The Morgan fingerprint density at radius 1 is 1.00 bits per heavy atom. The van der Waals surface area contributed by atoms with Gasteiger partial charge in [0.2, 0.25) is 0 Å². The molecule has 1 radical (unpaired) electrons. The van der Waals surface area contributed by atoms with E-state index in [1.165, 1.54) is 0 Å². The van der Waals surface area contributed by atoms with Crippen LogP contribution in [0.4, 0.5) is 0 Å². The SMILES string of the molecule is Cl.O[C](O)O. The molecule has 0 amide bonds. The minimum absolute atomic E-state index is 0. The van der Waals surface area contributed by atoms with E-state index in [9.17, 15) is 0 Å². The fourth-order valence-corrected chi connectivity index (χ4v) is 0. The number of halogens is 1. The van der Waals surface area contributed by atoms with E-state index >= 15 is 0 Å². The molecule has 0 aliphatic heterocycles. The third-order valence-corrected chi connectivity index (χ3v) is 0. The third kappa shape index (κ3) is 679. The minimum atomic E-state index is -1.58. The first-order valence-corrected chi connectivity index (χ1v) is 0.671. The molecule has 0 atom stereocenters. The first-order valence-electron chi connectivity index (χ1n) is 0.671. The molecule has 0 saturated heterocycles. The highest BCUT2D eigenvalue weighted by atomic mass is 35.5. The van der Waals surface area contributed by atoms with Crippen molar-refractivity contribution in [1.82, 2.24) is 0 Å². The maximum Gasteiger partial charge on any atom is 0.362 e. The fraction of sp³-hybridized carbons (Fsp3) is 0. The molecule has 33 valence electrons. The quantitative estimate of drug-likeness (QED) is 0.400. The van der Waals surface area contributed by atoms with Gasteiger partial charge in [-0.3, -0.25) is 0 Å². The molecular weight excluding hydrogens is 95.5 g/mol. The summed E-state index contributed by atoms with van der Waals surface area (Å²) >= 11 is 0. The van der Waals surface area contributed by atoms with Crippen molar-refractivity contribution in [1.29, 1.82) is 0 Å². The molecule has 0 aromatic carbocycles. The summed E-state index contributed by atoms with van der Waals surface area (Å²) < 4.78 is 0. The third-order valence-electron chi connectivity index (χ3n) is 0. The lowest BCUT2D eigenvalue weighted by molar-refractivity contribution is -0.0776. The van der Waals surface area contributed by atoms with Crippen LogP contribution in [0.3, 0.4) is 0 Å². The van der Waals surface area contributed by atoms with Crippen LogP contribution in [0.15, 0.2) is 0 Å². The summed E-state index contributed by atoms with van der Waals surface area (Å²) in [6, 6.07) is 0. The summed E-state index contributed by atoms with van der Waals surface area (Å²) in [5, 5.41) is 21.2. The van der Waals surface area contributed by atoms with Crippen molar-refractivity contribution >= 4 is 12.4 Å². The Balaban J connectivity index is 0. The van der Waals surface area contributed by atoms with E-state index in [1.807, 2.05) is 0 Å². The molecule has 3 nitrogen and oxygen atoms in total. The smallest absolute Gasteiger partial charge is 0.337 e. The van der Waals surface area contributed by atoms with Crippen molar-refractivity contribution < 1.29 is 15.3 Å². The van der Waals surface area contributed by atoms with Crippen molar-refractivity contribution in [3.05, 3.63) is 6.48 Å². The second-order valence-electron chi connectivity index (χ2n) is 0.300. The van der Waals surface area contributed by atoms with Crippen molar-refractivity contribution in [2.24, 2.45) is 0 Å². The maximum absolute atomic E-state index is 7.08. The predicted molar refractivity (Wildman–Crippen MR) is 16.3 cm³/mol. The molecule has 0 rings (SSSR count). The van der Waals surface area contributed by atoms with E-state index in [1.54, 1.807) is 0 Å². The van der Waals surface area contributed by atoms with Gasteiger partial charge in [0.25, 0.3) is 0 Å². The van der Waals surface area contributed by atoms with Gasteiger partial charge in [-0.2, -0.15) is 0 Å². The molecule has 0 aromatic rings. The highest BCUT2D eigenvalue weighted by Gasteiger charge is 1.78. The Hall–Kier alpha value is 0.170. The van der Waals surface area contributed by atoms with Crippen LogP contribution in [-0.4, -0.2) is 15.3 Å². The predicted octanol–water partition coefficient (Wildman–Crippen LogP) is -0.0273. The number of hydrogen-bond donors (Lipinski definition) is 3. The van der Waals surface area contributed by atoms with Crippen LogP contribution in [0.1, 0.15) is 0 Å². The van der Waals surface area contributed by atoms with E-state index in [0.717, 1.165) is 0 Å². The molecule has 0 aromatic heterocycles. The highest BCUT2D eigenvalue weighted by molar-refractivity contribution is 5.85. The topological polar surface area (TPSA) is 60.7 Å². The second-order valence-corrected chi connectivity index (χ2v) is 0.300. The van der Waals surface area contributed by atoms with Crippen molar-refractivity contribution in [2.75, 3.05) is 0 Å². The molecule has 0 saturated carbocycles. The van der Waals surface area contributed by atoms with Crippen molar-refractivity contribution in [3.63, 3.8) is 0 Å². The van der Waals surface area contributed by atoms with Crippen LogP contribution < -0.4 is 0 Å². The summed E-state index contributed by atoms with van der Waals surface area (Å²) in [5.41, 5.74) is 0. The van der Waals surface area contributed by atoms with Crippen LogP contribution in [0, 0.1) is 6.48 Å². The number of aliphatic hydroxyl groups excluding tert-OH is 1. The zero-order valence-corrected chi connectivity index (χ0v) is 3.07. The molecule has 0 bridgehead atoms. The summed E-state index contributed by atoms with van der Waals surface area (Å²) in [7, 11) is 0. The lowest BCUT2D eigenvalue weighted by atomic mass is 11.4. The average molecular weight is 99.5 g/mol. The maximum atomic E-state index is 7.08. The number of aliphatic hydroxyl groups is 3. The Morgan fingerprint density at radius 2 is 1.00 bits per heavy atom. The van der Waals surface area contributed by atoms with Gasteiger partial charge in [-0.15, -0.1) is 12.4 Å². The van der Waals surface area contributed by atoms with Crippen LogP contribution in [0.5, 0.6) is 0 Å². The van der Waals surface area contributed by atoms with Crippen LogP contribution >= 0.6 is 12.4 Å². The van der Waals surface area contributed by atoms with Gasteiger partial charge in [0.1, 0.15) is 0 Å². The van der Waals surface area contributed by atoms with E-state index in [2.05, 4.69) is 0 Å². The van der Waals surface area contributed by atoms with Gasteiger partial charge in [0, 0.05) is 0 Å². The Kier molecular flexibility index (Phi) is 7.46. The number of hydrogen-bond acceptors (Lipinski definition) is 3. The standard InChI is InChI=1S/CH3O3.ClH/c2-1(3)4;/h2-4H;1H. The van der Waals surface area contributed by atoms with E-state index < -0.39 is 6.48 Å². The molecule has 0 heterocycles. The van der Waals surface area contributed by atoms with E-state index in [-0.39, 0.29) is 12.4 Å². The van der Waals surface area contributed by atoms with Gasteiger partial charge in [0.05, 0.1) is 0 Å². The zero-order chi connectivity index (χ0) is 3.58. The molecule has 0 unspecified atom stereocenters. The van der Waals surface area contributed by atoms with Crippen molar-refractivity contribution in [2.45, 2.75) is 0 Å². The minimum Gasteiger partial charge on any atom is -0.337 e. The van der Waals surface area contributed by atoms with Gasteiger partial charge in [-0.05, 0) is 0 Å². The van der Waals surface area contributed by atoms with Crippen LogP contribution in [0.2, 0.25) is 0 Å². The first kappa shape index (κ1) is 8.95. The summed E-state index contributed by atoms with van der Waals surface area (Å²) in [5.74, 6) is 0. The lowest BCUT2D eigenvalue weighted by Gasteiger charge is -1.75. The molecule has 4 heteroatoms. The second kappa shape index (κ2) is 4.17. The van der Waals surface area contributed by atoms with Gasteiger partial charge >= 0.3 is 6.48 Å². The molecule has 3 N–H and O–H groups in total. The summed E-state index contributed by atoms with van der Waals surface area (Å²) in [6.07, 6.45) is 0. The molecule has 0 spiro atoms. The summed E-state index contributed by atoms with van der Waals surface area (Å²) in [4.78, 5) is 0. The van der Waals surface area contributed by atoms with Crippen molar-refractivity contribution in [3.8, 4) is 0 Å². The fourth-order valence-electron chi connectivity index (χ4n) is 0. The molecule has 0 aliphatic rings. The van der Waals surface area contributed by atoms with Crippen LogP contribution in [0.25, 0.3) is 0 Å². The Bertz CT molecular complexity index is 11.6. The zero-order valence-electron chi connectivity index (χ0n) is 2.25. The largest absolute Gasteiger partial charge is 0.362 e. The molecule has 5 heavy (non-hydrogen) atoms. The Labute approximate surface area is 35.3 Å². The molecule has 0 fully saturated rings.